The van der Waals surface area contributed by atoms with E-state index < -0.39 is 325 Å². The first-order chi connectivity index (χ1) is 50.3. The third-order valence-corrected chi connectivity index (χ3v) is 18.4. The number of carboxylic acid groups (broad SMARTS) is 3. The molecule has 22 N–H and O–H groups in total. The van der Waals surface area contributed by atoms with E-state index in [1.165, 1.54) is 0 Å². The Bertz CT molecular complexity index is 3650. The zero-order valence-electron chi connectivity index (χ0n) is 55.8. The van der Waals surface area contributed by atoms with Crippen LogP contribution in [0.3, 0.4) is 0 Å². The molecule has 0 bridgehead atoms. The average molecular weight is 1680 g/mol. The van der Waals surface area contributed by atoms with E-state index in [9.17, 15) is 152 Å². The van der Waals surface area contributed by atoms with E-state index in [4.69, 9.17) is 71.2 Å². The molecule has 0 aromatic rings. The van der Waals surface area contributed by atoms with Gasteiger partial charge < -0.3 is 150 Å². The molecule has 7 aliphatic rings. The highest BCUT2D eigenvalue weighted by molar-refractivity contribution is 7.81. The lowest BCUT2D eigenvalue weighted by molar-refractivity contribution is -0.473. The summed E-state index contributed by atoms with van der Waals surface area (Å²) in [5.41, 5.74) is 0. The molecule has 109 heavy (non-hydrogen) atoms. The molecule has 0 saturated carbocycles. The number of rotatable bonds is 32. The van der Waals surface area contributed by atoms with Crippen LogP contribution in [0.25, 0.3) is 0 Å². The van der Waals surface area contributed by atoms with Gasteiger partial charge in [0, 0.05) is 34.1 Å². The lowest BCUT2D eigenvalue weighted by atomic mass is 9.93. The summed E-state index contributed by atoms with van der Waals surface area (Å²) in [6, 6.07) is -8.51. The van der Waals surface area contributed by atoms with E-state index >= 15 is 0 Å². The van der Waals surface area contributed by atoms with E-state index in [0.717, 1.165) is 27.7 Å². The Kier molecular flexibility index (Phi) is 31.2. The molecule has 34 atom stereocenters. The van der Waals surface area contributed by atoms with Crippen molar-refractivity contribution in [1.29, 1.82) is 0 Å². The van der Waals surface area contributed by atoms with Gasteiger partial charge in [0.1, 0.15) is 140 Å². The summed E-state index contributed by atoms with van der Waals surface area (Å²) in [6.07, 6.45) is -73.6. The number of carbonyl (C=O) groups excluding carboxylic acids is 4. The first kappa shape index (κ1) is 91.0. The van der Waals surface area contributed by atoms with Gasteiger partial charge in [-0.3, -0.25) is 37.4 Å². The second kappa shape index (κ2) is 37.4. The van der Waals surface area contributed by atoms with Crippen LogP contribution in [0.5, 0.6) is 0 Å². The quantitative estimate of drug-likeness (QED) is 0.0169. The maximum Gasteiger partial charge on any atom is 0.397 e. The fraction of sp³-hybridized carbons (Fsp3) is 0.860. The van der Waals surface area contributed by atoms with Crippen molar-refractivity contribution >= 4 is 83.1 Å². The zero-order chi connectivity index (χ0) is 81.8. The van der Waals surface area contributed by atoms with Crippen molar-refractivity contribution in [2.45, 2.75) is 243 Å². The minimum atomic E-state index is -5.66. The number of nitrogens with one attached hydrogen (secondary N) is 4. The molecule has 0 aromatic carbocycles. The Morgan fingerprint density at radius 1 is 0.321 bits per heavy atom. The van der Waals surface area contributed by atoms with E-state index in [0.29, 0.717) is 0 Å². The van der Waals surface area contributed by atoms with Crippen LogP contribution in [-0.2, 0) is 159 Å². The van der Waals surface area contributed by atoms with Crippen molar-refractivity contribution in [1.82, 2.24) is 21.3 Å². The number of carboxylic acids is 3. The predicted octanol–water partition coefficient (Wildman–Crippen LogP) is -15.2. The van der Waals surface area contributed by atoms with Crippen molar-refractivity contribution < 1.29 is 240 Å². The summed E-state index contributed by atoms with van der Waals surface area (Å²) in [6.45, 7) is -2.61. The van der Waals surface area contributed by atoms with Crippen LogP contribution < -0.4 is 21.3 Å². The van der Waals surface area contributed by atoms with Gasteiger partial charge in [0.15, 0.2) is 49.8 Å². The summed E-state index contributed by atoms with van der Waals surface area (Å²) in [7, 11) is -22.0. The molecule has 7 fully saturated rings. The molecule has 7 aliphatic heterocycles. The number of hydrogen-bond acceptors (Lipinski definition) is 44. The van der Waals surface area contributed by atoms with Crippen molar-refractivity contribution in [3.05, 3.63) is 0 Å². The zero-order valence-corrected chi connectivity index (χ0v) is 59.1. The van der Waals surface area contributed by atoms with Crippen molar-refractivity contribution in [3.63, 3.8) is 0 Å². The number of ether oxygens (including phenoxy) is 12. The van der Waals surface area contributed by atoms with Gasteiger partial charge in [-0.15, -0.1) is 0 Å². The molecule has 15 unspecified atom stereocenters. The van der Waals surface area contributed by atoms with Gasteiger partial charge in [0.2, 0.25) is 36.2 Å². The van der Waals surface area contributed by atoms with Gasteiger partial charge in [0.25, 0.3) is 0 Å². The van der Waals surface area contributed by atoms with Gasteiger partial charge in [0.05, 0.1) is 32.5 Å². The largest absolute Gasteiger partial charge is 0.479 e. The highest BCUT2D eigenvalue weighted by atomic mass is 32.3. The van der Waals surface area contributed by atoms with Crippen LogP contribution in [0.2, 0.25) is 0 Å². The fourth-order valence-electron chi connectivity index (χ4n) is 11.9. The van der Waals surface area contributed by atoms with Crippen molar-refractivity contribution in [2.24, 2.45) is 0 Å². The van der Waals surface area contributed by atoms with Crippen molar-refractivity contribution in [2.75, 3.05) is 26.4 Å². The fourth-order valence-corrected chi connectivity index (χ4v) is 13.1. The standard InChI is InChI=1S/C50H78N4O51S4/c1-10(55)51-20-26(62)25(61)16(6-88-106(76,77)78)93-46(20)104-105-47-23(54-13(4)58)29(65)36(19(96-47)9-91-109(85,86)87)99-50-33(69)31(67)38(40(103-50)43(74)75)101-45-22(53-12(3)57)28(64)35(18(95-45)8-90-108(82,83)84)98-49-32(68)30(66)37(39(102-49)42(72)73)100-44-21(52-11(2)56)27(63)34(17(94-44)7-89-107(79,80)81)97-48-24(60)14(59)5-15(92-48)41(70)71/h14-40,44-50,59-69H,5-9H2,1-4H3,(H,51,55)(H,52,56)(H,53,57)(H,54,58)(H,70,71)(H,72,73)(H,74,75)(H,76,77,78)(H,79,80,81)(H,82,83,84)(H,85,86,87)/t14-,15?,16?,17?,18?,19?,20?,21?,22?,23?,24?,25+,26+,27+,28+,29+,30+,31+,32?,33?,34+,35+,36+,37-,38-,39?,40?,44-,45-,46?,47-,48-,49+,50+/m0/s1. The first-order valence-corrected chi connectivity index (χ1v) is 36.7. The van der Waals surface area contributed by atoms with Gasteiger partial charge in [-0.25, -0.2) is 31.1 Å². The molecule has 59 heteroatoms. The highest BCUT2D eigenvalue weighted by Crippen LogP contribution is 2.39. The number of aliphatic hydroxyl groups is 11. The number of amides is 4. The first-order valence-electron chi connectivity index (χ1n) is 31.3. The maximum atomic E-state index is 13.2. The second-order valence-electron chi connectivity index (χ2n) is 24.7. The minimum Gasteiger partial charge on any atom is -0.479 e. The van der Waals surface area contributed by atoms with Gasteiger partial charge in [-0.2, -0.15) is 43.4 Å². The number of hydrogen-bond donors (Lipinski definition) is 22. The monoisotopic (exact) mass is 1680 g/mol. The van der Waals surface area contributed by atoms with Gasteiger partial charge >= 0.3 is 59.5 Å². The second-order valence-corrected chi connectivity index (χ2v) is 29.1. The summed E-state index contributed by atoms with van der Waals surface area (Å²) in [5, 5.41) is 164. The Labute approximate surface area is 611 Å². The van der Waals surface area contributed by atoms with E-state index in [-0.39, 0.29) is 0 Å². The Morgan fingerprint density at radius 3 is 0.899 bits per heavy atom. The SMILES string of the molecule is CC(=O)NC1C(OO[C@@H]2OC(COS(=O)(=O)O)[C@@H](O[C@@H]3OC(C(=O)O)[C@@H](O[C@@H]4OC(COS(=O)(=O)O)[C@@H](O[C@@H]5OC(C(=O)O)[C@@H](O[C@@H]6OC(COS(=O)(=O)O)[C@@H](O[C@@H]7OC(C(=O)O)C[C@H](O)C7O)[C@H](O)C6NC(C)=O)[C@H](O)C5O)[C@H](O)C4NC(C)=O)[C@H](O)C3O)[C@H](O)C2NC(C)=O)OC(COS(=O)(=O)O)[C@@H](O)[C@@H]1O. The van der Waals surface area contributed by atoms with Crippen LogP contribution >= 0.6 is 0 Å². The third kappa shape index (κ3) is 24.2. The summed E-state index contributed by atoms with van der Waals surface area (Å²) in [4.78, 5) is 98.8. The maximum absolute atomic E-state index is 13.2. The van der Waals surface area contributed by atoms with Gasteiger partial charge in [-0.05, 0) is 0 Å². The molecular formula is C50H78N4O51S4. The van der Waals surface area contributed by atoms with E-state index in [1.807, 2.05) is 0 Å². The van der Waals surface area contributed by atoms with E-state index in [2.05, 4.69) is 38.0 Å². The lowest BCUT2D eigenvalue weighted by Crippen LogP contribution is -2.71. The molecule has 55 nitrogen and oxygen atoms in total. The Hall–Kier alpha value is -5.23. The van der Waals surface area contributed by atoms with Crippen LogP contribution in [0.4, 0.5) is 0 Å². The van der Waals surface area contributed by atoms with Crippen LogP contribution in [0.15, 0.2) is 0 Å². The molecule has 0 radical (unpaired) electrons. The van der Waals surface area contributed by atoms with Crippen LogP contribution in [0.1, 0.15) is 34.1 Å². The molecule has 628 valence electrons. The highest BCUT2D eigenvalue weighted by Gasteiger charge is 2.61. The summed E-state index contributed by atoms with van der Waals surface area (Å²) < 4.78 is 216. The van der Waals surface area contributed by atoms with Crippen LogP contribution in [0, 0.1) is 0 Å². The minimum absolute atomic E-state index is 0.728. The smallest absolute Gasteiger partial charge is 0.397 e. The average Bonchev–Trinajstić information content (AvgIpc) is 0.771. The summed E-state index contributed by atoms with van der Waals surface area (Å²) in [5.74, 6) is -10.5. The molecular weight excluding hydrogens is 1600 g/mol. The Balaban J connectivity index is 1.13. The Morgan fingerprint density at radius 2 is 0.596 bits per heavy atom. The topological polar surface area (TPSA) is 834 Å². The molecule has 4 amide bonds. The van der Waals surface area contributed by atoms with Crippen molar-refractivity contribution in [3.8, 4) is 0 Å². The summed E-state index contributed by atoms with van der Waals surface area (Å²) >= 11 is 0. The molecule has 7 saturated heterocycles. The lowest BCUT2D eigenvalue weighted by Gasteiger charge is -2.50. The molecule has 7 heterocycles. The molecule has 0 aromatic heterocycles. The molecule has 7 rings (SSSR count). The normalized spacial score (nSPS) is 41.2. The van der Waals surface area contributed by atoms with E-state index in [1.54, 1.807) is 0 Å². The molecule has 0 spiro atoms. The third-order valence-electron chi connectivity index (χ3n) is 16.7. The van der Waals surface area contributed by atoms with Crippen LogP contribution in [-0.4, -0.2) is 400 Å². The predicted molar refractivity (Wildman–Crippen MR) is 321 cm³/mol. The number of aliphatic carboxylic acids is 3. The molecule has 0 aliphatic carbocycles. The number of aliphatic hydroxyl groups excluding tert-OH is 11. The van der Waals surface area contributed by atoms with Gasteiger partial charge in [-0.1, -0.05) is 0 Å². The number of carbonyl (C=O) groups is 7.